The zero-order valence-electron chi connectivity index (χ0n) is 15.2. The van der Waals surface area contributed by atoms with Gasteiger partial charge in [0.1, 0.15) is 11.4 Å². The summed E-state index contributed by atoms with van der Waals surface area (Å²) >= 11 is 6.43. The molecule has 0 saturated carbocycles. The number of nitrogens with zero attached hydrogens (tertiary/aromatic N) is 1. The van der Waals surface area contributed by atoms with Gasteiger partial charge in [0.25, 0.3) is 0 Å². The number of ether oxygens (including phenoxy) is 2. The molecule has 1 aliphatic heterocycles. The van der Waals surface area contributed by atoms with E-state index in [4.69, 9.17) is 21.1 Å². The minimum Gasteiger partial charge on any atom is -0.475 e. The third-order valence-electron chi connectivity index (χ3n) is 4.82. The summed E-state index contributed by atoms with van der Waals surface area (Å²) in [6.07, 6.45) is 0.666. The van der Waals surface area contributed by atoms with Crippen molar-refractivity contribution >= 4 is 17.6 Å². The number of hydrogen-bond donors (Lipinski definition) is 1. The van der Waals surface area contributed by atoms with E-state index in [0.29, 0.717) is 17.2 Å². The number of likely N-dealkylation sites (N-methyl/N-ethyl adjacent to an activating group) is 1. The van der Waals surface area contributed by atoms with Crippen LogP contribution in [0.4, 0.5) is 0 Å². The molecule has 0 fully saturated rings. The predicted octanol–water partition coefficient (Wildman–Crippen LogP) is 3.87. The van der Waals surface area contributed by atoms with E-state index in [1.165, 1.54) is 4.90 Å². The lowest BCUT2D eigenvalue weighted by atomic mass is 9.82. The van der Waals surface area contributed by atoms with Gasteiger partial charge in [-0.15, -0.1) is 0 Å². The fourth-order valence-electron chi connectivity index (χ4n) is 3.47. The summed E-state index contributed by atoms with van der Waals surface area (Å²) in [4.78, 5) is 13.6. The second kappa shape index (κ2) is 6.58. The molecule has 0 amide bonds. The van der Waals surface area contributed by atoms with E-state index >= 15 is 0 Å². The van der Waals surface area contributed by atoms with E-state index in [9.17, 15) is 9.90 Å². The predicted molar refractivity (Wildman–Crippen MR) is 99.5 cm³/mol. The van der Waals surface area contributed by atoms with Crippen molar-refractivity contribution in [2.24, 2.45) is 0 Å². The fraction of sp³-hybridized carbons (Fsp3) is 0.350. The molecule has 2 unspecified atom stereocenters. The molecule has 2 aromatic rings. The maximum absolute atomic E-state index is 12.2. The number of halogens is 1. The van der Waals surface area contributed by atoms with E-state index in [2.05, 4.69) is 0 Å². The Balaban J connectivity index is 2.36. The number of carbonyl (C=O) groups is 1. The van der Waals surface area contributed by atoms with Crippen molar-refractivity contribution in [3.8, 4) is 5.75 Å². The lowest BCUT2D eigenvalue weighted by molar-refractivity contribution is -0.307. The Morgan fingerprint density at radius 1 is 1.19 bits per heavy atom. The lowest BCUT2D eigenvalue weighted by Crippen LogP contribution is -2.63. The van der Waals surface area contributed by atoms with Gasteiger partial charge in [-0.25, -0.2) is 9.69 Å². The molecule has 2 aromatic carbocycles. The highest BCUT2D eigenvalue weighted by molar-refractivity contribution is 6.31. The third-order valence-corrected chi connectivity index (χ3v) is 5.18. The number of benzene rings is 2. The zero-order valence-corrected chi connectivity index (χ0v) is 16.0. The van der Waals surface area contributed by atoms with Crippen LogP contribution < -0.4 is 4.74 Å². The average Bonchev–Trinajstić information content (AvgIpc) is 2.62. The highest BCUT2D eigenvalue weighted by atomic mass is 35.5. The van der Waals surface area contributed by atoms with E-state index in [1.807, 2.05) is 44.2 Å². The Kier molecular flexibility index (Phi) is 4.73. The van der Waals surface area contributed by atoms with Gasteiger partial charge in [0.2, 0.25) is 0 Å². The summed E-state index contributed by atoms with van der Waals surface area (Å²) in [5.41, 5.74) is 1.42. The summed E-state index contributed by atoms with van der Waals surface area (Å²) in [7, 11) is 3.22. The van der Waals surface area contributed by atoms with Crippen LogP contribution in [0.2, 0.25) is 5.02 Å². The molecule has 26 heavy (non-hydrogen) atoms. The van der Waals surface area contributed by atoms with E-state index in [0.717, 1.165) is 16.7 Å². The summed E-state index contributed by atoms with van der Waals surface area (Å²) in [5.74, 6) is -2.71. The Bertz CT molecular complexity index is 839. The first kappa shape index (κ1) is 18.7. The van der Waals surface area contributed by atoms with Gasteiger partial charge >= 0.3 is 11.9 Å². The molecule has 3 rings (SSSR count). The van der Waals surface area contributed by atoms with Crippen LogP contribution >= 0.6 is 11.6 Å². The molecule has 2 atom stereocenters. The van der Waals surface area contributed by atoms with Gasteiger partial charge in [0.05, 0.1) is 0 Å². The van der Waals surface area contributed by atoms with Crippen molar-refractivity contribution in [1.82, 2.24) is 4.90 Å². The second-order valence-corrected chi connectivity index (χ2v) is 7.04. The van der Waals surface area contributed by atoms with Crippen LogP contribution in [0.15, 0.2) is 42.5 Å². The van der Waals surface area contributed by atoms with Gasteiger partial charge in [-0.3, -0.25) is 0 Å². The quantitative estimate of drug-likeness (QED) is 0.878. The number of carboxylic acids is 1. The van der Waals surface area contributed by atoms with Gasteiger partial charge in [-0.05, 0) is 50.7 Å². The Hall–Kier alpha value is -2.08. The molecule has 1 heterocycles. The maximum Gasteiger partial charge on any atom is 0.395 e. The Morgan fingerprint density at radius 3 is 2.38 bits per heavy atom. The van der Waals surface area contributed by atoms with Gasteiger partial charge in [0, 0.05) is 10.6 Å². The molecule has 0 aromatic heterocycles. The number of fused-ring (bicyclic) bond motifs is 1. The Labute approximate surface area is 158 Å². The monoisotopic (exact) mass is 375 g/mol. The standard InChI is InChI=1S/C20H22ClNO4/c1-5-14-15(21)11-12-16-17(14)19(2,13-9-7-6-8-10-13)26-20(25-16,18(23)24)22(3)4/h6-12H,5H2,1-4H3,(H,23,24). The molecule has 0 bridgehead atoms. The molecule has 1 aliphatic rings. The fourth-order valence-corrected chi connectivity index (χ4v) is 3.76. The van der Waals surface area contributed by atoms with Crippen LogP contribution in [0.3, 0.4) is 0 Å². The first-order valence-electron chi connectivity index (χ1n) is 8.43. The van der Waals surface area contributed by atoms with Crippen molar-refractivity contribution in [2.75, 3.05) is 14.1 Å². The van der Waals surface area contributed by atoms with Crippen LogP contribution in [0.25, 0.3) is 0 Å². The average molecular weight is 376 g/mol. The topological polar surface area (TPSA) is 59.0 Å². The molecule has 0 radical (unpaired) electrons. The molecule has 5 nitrogen and oxygen atoms in total. The molecule has 6 heteroatoms. The molecular weight excluding hydrogens is 354 g/mol. The summed E-state index contributed by atoms with van der Waals surface area (Å²) < 4.78 is 12.1. The number of carboxylic acid groups (broad SMARTS) is 1. The molecule has 1 N–H and O–H groups in total. The van der Waals surface area contributed by atoms with Crippen LogP contribution in [0.5, 0.6) is 5.75 Å². The van der Waals surface area contributed by atoms with Crippen LogP contribution in [0, 0.1) is 0 Å². The largest absolute Gasteiger partial charge is 0.475 e. The normalized spacial score (nSPS) is 24.8. The van der Waals surface area contributed by atoms with Crippen molar-refractivity contribution < 1.29 is 19.4 Å². The van der Waals surface area contributed by atoms with Gasteiger partial charge in [0.15, 0.2) is 0 Å². The van der Waals surface area contributed by atoms with Crippen molar-refractivity contribution in [1.29, 1.82) is 0 Å². The van der Waals surface area contributed by atoms with Crippen LogP contribution in [-0.4, -0.2) is 36.0 Å². The number of rotatable bonds is 4. The van der Waals surface area contributed by atoms with Gasteiger partial charge < -0.3 is 14.6 Å². The number of aliphatic carboxylic acids is 1. The Morgan fingerprint density at radius 2 is 1.85 bits per heavy atom. The molecular formula is C20H22ClNO4. The minimum atomic E-state index is -1.95. The van der Waals surface area contributed by atoms with E-state index < -0.39 is 17.5 Å². The van der Waals surface area contributed by atoms with Crippen molar-refractivity contribution in [3.05, 3.63) is 64.2 Å². The summed E-state index contributed by atoms with van der Waals surface area (Å²) in [6.45, 7) is 3.86. The van der Waals surface area contributed by atoms with Gasteiger partial charge in [-0.1, -0.05) is 48.9 Å². The van der Waals surface area contributed by atoms with E-state index in [1.54, 1.807) is 26.2 Å². The highest BCUT2D eigenvalue weighted by Crippen LogP contribution is 2.50. The number of hydrogen-bond acceptors (Lipinski definition) is 4. The highest BCUT2D eigenvalue weighted by Gasteiger charge is 2.57. The zero-order chi connectivity index (χ0) is 19.1. The molecule has 0 aliphatic carbocycles. The van der Waals surface area contributed by atoms with Gasteiger partial charge in [-0.2, -0.15) is 0 Å². The van der Waals surface area contributed by atoms with Crippen LogP contribution in [-0.2, 0) is 21.6 Å². The van der Waals surface area contributed by atoms with Crippen LogP contribution in [0.1, 0.15) is 30.5 Å². The first-order chi connectivity index (χ1) is 12.3. The third kappa shape index (κ3) is 2.67. The van der Waals surface area contributed by atoms with Crippen molar-refractivity contribution in [3.63, 3.8) is 0 Å². The summed E-state index contributed by atoms with van der Waals surface area (Å²) in [5, 5.41) is 10.5. The lowest BCUT2D eigenvalue weighted by Gasteiger charge is -2.48. The van der Waals surface area contributed by atoms with E-state index in [-0.39, 0.29) is 0 Å². The minimum absolute atomic E-state index is 0.458. The molecule has 138 valence electrons. The summed E-state index contributed by atoms with van der Waals surface area (Å²) in [6, 6.07) is 13.0. The molecule has 0 spiro atoms. The first-order valence-corrected chi connectivity index (χ1v) is 8.81. The van der Waals surface area contributed by atoms with Crippen molar-refractivity contribution in [2.45, 2.75) is 31.8 Å². The smallest absolute Gasteiger partial charge is 0.395 e. The second-order valence-electron chi connectivity index (χ2n) is 6.64. The maximum atomic E-state index is 12.2. The molecule has 0 saturated heterocycles. The SMILES string of the molecule is CCc1c(Cl)ccc2c1C(C)(c1ccccc1)OC(C(=O)O)(N(C)C)O2.